The predicted octanol–water partition coefficient (Wildman–Crippen LogP) is 5.42. The molecule has 1 aliphatic rings. The van der Waals surface area contributed by atoms with Crippen molar-refractivity contribution in [1.82, 2.24) is 10.2 Å². The van der Waals surface area contributed by atoms with Crippen LogP contribution < -0.4 is 5.32 Å². The lowest BCUT2D eigenvalue weighted by Crippen LogP contribution is -2.45. The van der Waals surface area contributed by atoms with Gasteiger partial charge in [-0.2, -0.15) is 26.3 Å². The van der Waals surface area contributed by atoms with Crippen LogP contribution in [-0.2, 0) is 12.4 Å². The van der Waals surface area contributed by atoms with E-state index in [9.17, 15) is 26.3 Å². The van der Waals surface area contributed by atoms with Crippen molar-refractivity contribution >= 4 is 0 Å². The van der Waals surface area contributed by atoms with Crippen molar-refractivity contribution in [3.63, 3.8) is 0 Å². The fraction of sp³-hybridized carbons (Fsp3) is 0.579. The minimum Gasteiger partial charge on any atom is -0.314 e. The Bertz CT molecular complexity index is 618. The number of halogens is 6. The molecule has 1 atom stereocenters. The van der Waals surface area contributed by atoms with Crippen LogP contribution in [0.1, 0.15) is 48.4 Å². The number of alkyl halides is 6. The van der Waals surface area contributed by atoms with Crippen LogP contribution in [0.25, 0.3) is 0 Å². The Morgan fingerprint density at radius 3 is 2.26 bits per heavy atom. The van der Waals surface area contributed by atoms with Crippen LogP contribution in [-0.4, -0.2) is 31.1 Å². The zero-order valence-electron chi connectivity index (χ0n) is 15.0. The molecule has 0 saturated carbocycles. The SMILES string of the molecule is C=CCCCC[C@@H](c1cc(C(F)(F)F)ccc1C(F)(F)F)N1CCNCC1. The molecular weight excluding hydrogens is 370 g/mol. The van der Waals surface area contributed by atoms with Crippen LogP contribution >= 0.6 is 0 Å². The van der Waals surface area contributed by atoms with Crippen molar-refractivity contribution in [3.8, 4) is 0 Å². The number of nitrogens with one attached hydrogen (secondary N) is 1. The lowest BCUT2D eigenvalue weighted by atomic mass is 9.91. The highest BCUT2D eigenvalue weighted by Crippen LogP contribution is 2.41. The van der Waals surface area contributed by atoms with Crippen molar-refractivity contribution in [2.45, 2.75) is 44.1 Å². The number of rotatable bonds is 7. The van der Waals surface area contributed by atoms with Gasteiger partial charge < -0.3 is 5.32 Å². The topological polar surface area (TPSA) is 15.3 Å². The third kappa shape index (κ3) is 5.97. The van der Waals surface area contributed by atoms with E-state index < -0.39 is 29.5 Å². The van der Waals surface area contributed by atoms with Crippen molar-refractivity contribution in [3.05, 3.63) is 47.5 Å². The van der Waals surface area contributed by atoms with E-state index in [1.165, 1.54) is 0 Å². The van der Waals surface area contributed by atoms with Gasteiger partial charge in [-0.05, 0) is 43.0 Å². The predicted molar refractivity (Wildman–Crippen MR) is 92.3 cm³/mol. The summed E-state index contributed by atoms with van der Waals surface area (Å²) in [4.78, 5) is 1.86. The zero-order chi connectivity index (χ0) is 20.1. The first kappa shape index (κ1) is 21.8. The highest BCUT2D eigenvalue weighted by atomic mass is 19.4. The van der Waals surface area contributed by atoms with Crippen LogP contribution in [0, 0.1) is 0 Å². The van der Waals surface area contributed by atoms with Crippen molar-refractivity contribution in [2.75, 3.05) is 26.2 Å². The molecule has 0 aliphatic carbocycles. The third-order valence-corrected chi connectivity index (χ3v) is 4.77. The van der Waals surface area contributed by atoms with Crippen LogP contribution in [0.5, 0.6) is 0 Å². The zero-order valence-corrected chi connectivity index (χ0v) is 15.0. The summed E-state index contributed by atoms with van der Waals surface area (Å²) in [7, 11) is 0. The molecule has 1 aromatic carbocycles. The molecule has 27 heavy (non-hydrogen) atoms. The Hall–Kier alpha value is -1.54. The molecule has 8 heteroatoms. The van der Waals surface area contributed by atoms with Crippen LogP contribution in [0.2, 0.25) is 0 Å². The number of allylic oxidation sites excluding steroid dienone is 1. The average molecular weight is 394 g/mol. The summed E-state index contributed by atoms with van der Waals surface area (Å²) in [6.07, 6.45) is -5.20. The van der Waals surface area contributed by atoms with Gasteiger partial charge in [0.1, 0.15) is 0 Å². The van der Waals surface area contributed by atoms with Gasteiger partial charge >= 0.3 is 12.4 Å². The Kier molecular flexibility index (Phi) is 7.33. The van der Waals surface area contributed by atoms with Gasteiger partial charge in [0.05, 0.1) is 11.1 Å². The molecule has 2 nitrogen and oxygen atoms in total. The summed E-state index contributed by atoms with van der Waals surface area (Å²) >= 11 is 0. The van der Waals surface area contributed by atoms with E-state index in [1.54, 1.807) is 6.08 Å². The maximum absolute atomic E-state index is 13.5. The number of piperazine rings is 1. The van der Waals surface area contributed by atoms with E-state index in [2.05, 4.69) is 11.9 Å². The van der Waals surface area contributed by atoms with Crippen LogP contribution in [0.4, 0.5) is 26.3 Å². The standard InChI is InChI=1S/C19H24F6N2/c1-2-3-4-5-6-17(27-11-9-26-10-12-27)15-13-14(18(20,21)22)7-8-16(15)19(23,24)25/h2,7-8,13,17,26H,1,3-6,9-12H2/t17-/m0/s1. The fourth-order valence-corrected chi connectivity index (χ4v) is 3.43. The Balaban J connectivity index is 2.44. The third-order valence-electron chi connectivity index (χ3n) is 4.77. The molecule has 1 aromatic rings. The molecule has 0 amide bonds. The van der Waals surface area contributed by atoms with Crippen molar-refractivity contribution < 1.29 is 26.3 Å². The van der Waals surface area contributed by atoms with Gasteiger partial charge in [-0.3, -0.25) is 4.90 Å². The molecule has 1 fully saturated rings. The lowest BCUT2D eigenvalue weighted by Gasteiger charge is -2.36. The van der Waals surface area contributed by atoms with Gasteiger partial charge in [-0.25, -0.2) is 0 Å². The highest BCUT2D eigenvalue weighted by molar-refractivity contribution is 5.37. The summed E-state index contributed by atoms with van der Waals surface area (Å²) in [6.45, 7) is 5.82. The van der Waals surface area contributed by atoms with Crippen molar-refractivity contribution in [2.24, 2.45) is 0 Å². The van der Waals surface area contributed by atoms with E-state index >= 15 is 0 Å². The molecule has 2 rings (SSSR count). The number of hydrogen-bond donors (Lipinski definition) is 1. The van der Waals surface area contributed by atoms with E-state index in [-0.39, 0.29) is 5.56 Å². The molecule has 0 radical (unpaired) electrons. The van der Waals surface area contributed by atoms with E-state index in [4.69, 9.17) is 0 Å². The summed E-state index contributed by atoms with van der Waals surface area (Å²) in [6, 6.07) is 1.06. The van der Waals surface area contributed by atoms with Gasteiger partial charge in [0, 0.05) is 32.2 Å². The largest absolute Gasteiger partial charge is 0.416 e. The maximum atomic E-state index is 13.5. The summed E-state index contributed by atoms with van der Waals surface area (Å²) in [5.74, 6) is 0. The summed E-state index contributed by atoms with van der Waals surface area (Å²) in [5.41, 5.74) is -2.31. The minimum atomic E-state index is -4.70. The van der Waals surface area contributed by atoms with Gasteiger partial charge in [-0.1, -0.05) is 12.5 Å². The number of hydrogen-bond acceptors (Lipinski definition) is 2. The number of nitrogens with zero attached hydrogens (tertiary/aromatic N) is 1. The summed E-state index contributed by atoms with van der Waals surface area (Å²) in [5, 5.41) is 3.12. The highest BCUT2D eigenvalue weighted by Gasteiger charge is 2.39. The average Bonchev–Trinajstić information content (AvgIpc) is 2.60. The molecule has 0 unspecified atom stereocenters. The van der Waals surface area contributed by atoms with Crippen LogP contribution in [0.15, 0.2) is 30.9 Å². The number of benzene rings is 1. The molecule has 0 spiro atoms. The molecular formula is C19H24F6N2. The monoisotopic (exact) mass is 394 g/mol. The fourth-order valence-electron chi connectivity index (χ4n) is 3.43. The van der Waals surface area contributed by atoms with Gasteiger partial charge in [0.25, 0.3) is 0 Å². The van der Waals surface area contributed by atoms with E-state index in [0.717, 1.165) is 12.8 Å². The first-order chi connectivity index (χ1) is 12.6. The van der Waals surface area contributed by atoms with Gasteiger partial charge in [0.15, 0.2) is 0 Å². The second kappa shape index (κ2) is 9.10. The lowest BCUT2D eigenvalue weighted by molar-refractivity contribution is -0.142. The minimum absolute atomic E-state index is 0.280. The molecule has 1 saturated heterocycles. The van der Waals surface area contributed by atoms with Crippen LogP contribution in [0.3, 0.4) is 0 Å². The van der Waals surface area contributed by atoms with Crippen molar-refractivity contribution in [1.29, 1.82) is 0 Å². The molecule has 1 N–H and O–H groups in total. The molecule has 0 aromatic heterocycles. The van der Waals surface area contributed by atoms with E-state index in [0.29, 0.717) is 57.2 Å². The quantitative estimate of drug-likeness (QED) is 0.378. The first-order valence-electron chi connectivity index (χ1n) is 8.98. The second-order valence-electron chi connectivity index (χ2n) is 6.67. The summed E-state index contributed by atoms with van der Waals surface area (Å²) < 4.78 is 80.0. The maximum Gasteiger partial charge on any atom is 0.416 e. The van der Waals surface area contributed by atoms with Gasteiger partial charge in [-0.15, -0.1) is 6.58 Å². The Morgan fingerprint density at radius 1 is 1.04 bits per heavy atom. The van der Waals surface area contributed by atoms with Gasteiger partial charge in [0.2, 0.25) is 0 Å². The number of unbranched alkanes of at least 4 members (excludes halogenated alkanes) is 2. The molecule has 0 bridgehead atoms. The first-order valence-corrected chi connectivity index (χ1v) is 8.98. The molecule has 152 valence electrons. The normalized spacial score (nSPS) is 17.7. The molecule has 1 aliphatic heterocycles. The Morgan fingerprint density at radius 2 is 1.70 bits per heavy atom. The van der Waals surface area contributed by atoms with E-state index in [1.807, 2.05) is 4.90 Å². The second-order valence-corrected chi connectivity index (χ2v) is 6.67. The molecule has 1 heterocycles. The smallest absolute Gasteiger partial charge is 0.314 e. The Labute approximate surface area is 155 Å².